The van der Waals surface area contributed by atoms with E-state index in [1.165, 1.54) is 0 Å². The van der Waals surface area contributed by atoms with Crippen LogP contribution in [0.1, 0.15) is 163 Å². The first-order valence-electron chi connectivity index (χ1n) is 35.4. The molecule has 8 saturated heterocycles. The maximum Gasteiger partial charge on any atom is 0.338 e. The summed E-state index contributed by atoms with van der Waals surface area (Å²) in [6.07, 6.45) is -0.456. The molecule has 2 aromatic carbocycles. The second kappa shape index (κ2) is 31.3. The number of ether oxygens (including phenoxy) is 9. The summed E-state index contributed by atoms with van der Waals surface area (Å²) in [5.74, 6) is -3.19. The molecular weight excluding hydrogens is 1330 g/mol. The largest absolute Gasteiger partial charge is 0.458 e. The van der Waals surface area contributed by atoms with Crippen molar-refractivity contribution in [3.63, 3.8) is 0 Å². The zero-order chi connectivity index (χ0) is 68.3. The lowest BCUT2D eigenvalue weighted by molar-refractivity contribution is -0.292. The van der Waals surface area contributed by atoms with E-state index in [1.807, 2.05) is 18.2 Å². The molecule has 8 aliphatic rings. The van der Waals surface area contributed by atoms with Gasteiger partial charge in [0, 0.05) is 64.1 Å². The second-order valence-corrected chi connectivity index (χ2v) is 49.0. The first-order chi connectivity index (χ1) is 44.2. The minimum atomic E-state index is -3.88. The molecule has 19 atom stereocenters. The molecule has 2 aromatic rings. The van der Waals surface area contributed by atoms with Crippen LogP contribution < -0.4 is 0 Å². The molecule has 94 heavy (non-hydrogen) atoms. The van der Waals surface area contributed by atoms with Crippen molar-refractivity contribution >= 4 is 62.5 Å². The number of Topliss-reactive ketones (excluding diaryl/α,β-unsaturated/α-hetero) is 1. The molecule has 8 aliphatic heterocycles. The smallest absolute Gasteiger partial charge is 0.338 e. The van der Waals surface area contributed by atoms with Gasteiger partial charge >= 0.3 is 5.97 Å². The number of sulfone groups is 1. The molecule has 0 radical (unpaired) electrons. The summed E-state index contributed by atoms with van der Waals surface area (Å²) in [6.45, 7) is 41.4. The van der Waals surface area contributed by atoms with Gasteiger partial charge in [-0.3, -0.25) is 4.79 Å². The molecule has 528 valence electrons. The average Bonchev–Trinajstić information content (AvgIpc) is 1.55. The molecular formula is C73H115BrO16SSi3. The van der Waals surface area contributed by atoms with Gasteiger partial charge < -0.3 is 55.9 Å². The van der Waals surface area contributed by atoms with Gasteiger partial charge in [-0.25, -0.2) is 13.2 Å². The summed E-state index contributed by atoms with van der Waals surface area (Å²) in [5, 5.41) is -0.158. The van der Waals surface area contributed by atoms with Crippen LogP contribution in [0.3, 0.4) is 0 Å². The van der Waals surface area contributed by atoms with Crippen LogP contribution in [0.2, 0.25) is 54.4 Å². The lowest BCUT2D eigenvalue weighted by atomic mass is 9.75. The van der Waals surface area contributed by atoms with E-state index in [0.717, 1.165) is 43.0 Å². The van der Waals surface area contributed by atoms with Crippen molar-refractivity contribution in [1.29, 1.82) is 0 Å². The molecule has 5 unspecified atom stereocenters. The van der Waals surface area contributed by atoms with Gasteiger partial charge in [-0.1, -0.05) is 135 Å². The monoisotopic (exact) mass is 1440 g/mol. The van der Waals surface area contributed by atoms with E-state index in [4.69, 9.17) is 55.9 Å². The molecule has 0 spiro atoms. The minimum Gasteiger partial charge on any atom is -0.458 e. The number of rotatable bonds is 33. The van der Waals surface area contributed by atoms with Crippen LogP contribution in [-0.2, 0) is 70.5 Å². The summed E-state index contributed by atoms with van der Waals surface area (Å²) >= 11 is 3.52. The molecule has 0 aliphatic carbocycles. The third kappa shape index (κ3) is 17.7. The van der Waals surface area contributed by atoms with E-state index in [9.17, 15) is 13.2 Å². The van der Waals surface area contributed by atoms with Crippen LogP contribution in [0.15, 0.2) is 88.8 Å². The summed E-state index contributed by atoms with van der Waals surface area (Å²) in [5.41, 5.74) is 1.45. The Morgan fingerprint density at radius 2 is 1.39 bits per heavy atom. The van der Waals surface area contributed by atoms with E-state index in [1.54, 1.807) is 49.6 Å². The Morgan fingerprint density at radius 3 is 2.03 bits per heavy atom. The number of halogens is 1. The first-order valence-corrected chi connectivity index (χ1v) is 46.2. The third-order valence-electron chi connectivity index (χ3n) is 23.2. The number of carbonyl (C=O) groups is 2. The van der Waals surface area contributed by atoms with Gasteiger partial charge in [0.25, 0.3) is 0 Å². The average molecular weight is 1440 g/mol. The van der Waals surface area contributed by atoms with Crippen LogP contribution in [0, 0.1) is 17.8 Å². The predicted octanol–water partition coefficient (Wildman–Crippen LogP) is 15.4. The Hall–Kier alpha value is -2.30. The molecule has 0 saturated carbocycles. The standard InChI is InChI=1S/C73H115BrO16SSi3/c1-18-94(19-2,20-3)80-38-27-30-51-40-47(4)49(6)59(82-51)44-60-63(64(79-13)61(85-60)43-54(90-93(16,17)72(10,11)12)46-81-92(14,15)71(7,8)9)56(36-39-91(77,78)55-31-25-22-26-32-55)57(75)42-52-33-34-58-65(83-52)69-68-67(86-58)66-62(87-68)45-73(88-66,89-69)37-35-53(41-48(5)74)84-70(76)50-28-23-21-24-29-50/h21-26,28-29,31-32,47,51-54,56,58-69H,5-6,18-20,27,30,33-46H2,1-4,7-17H3/t47-,51+,52?,53-,54+,56-,58?,59?,60+,61-,62?,63?,64+,65+,66+,67+,68-,69+,73+/m1/s1. The van der Waals surface area contributed by atoms with Crippen LogP contribution in [0.5, 0.6) is 0 Å². The van der Waals surface area contributed by atoms with E-state index < -0.39 is 113 Å². The third-order valence-corrected chi connectivity index (χ3v) is 39.0. The lowest BCUT2D eigenvalue weighted by Crippen LogP contribution is -2.61. The van der Waals surface area contributed by atoms with Crippen LogP contribution in [0.4, 0.5) is 0 Å². The Kier molecular flexibility index (Phi) is 25.3. The predicted molar refractivity (Wildman–Crippen MR) is 377 cm³/mol. The molecule has 16 nitrogen and oxygen atoms in total. The van der Waals surface area contributed by atoms with Gasteiger partial charge in [-0.05, 0) is 140 Å². The Labute approximate surface area is 575 Å². The maximum atomic E-state index is 16.2. The van der Waals surface area contributed by atoms with E-state index in [2.05, 4.69) is 125 Å². The van der Waals surface area contributed by atoms with Gasteiger partial charge in [0.05, 0.1) is 77.8 Å². The van der Waals surface area contributed by atoms with Crippen LogP contribution >= 0.6 is 15.9 Å². The summed E-state index contributed by atoms with van der Waals surface area (Å²) in [7, 11) is -8.65. The number of hydrogen-bond donors (Lipinski definition) is 0. The van der Waals surface area contributed by atoms with Gasteiger partial charge in [0.2, 0.25) is 0 Å². The SMILES string of the molecule is C=C(Br)C[C@@H](CC[C@@]12CC3O[C@H]4[C@@H](O1)[C@H]1OC(CC(=O)[C@@H](CCS(=O)(=O)c5ccccc5)C5[C@H](CC6O[C@@H](CCCO[Si](CC)(CC)CC)C[C@@H](C)C6=C)O[C@H](C[C@@H](CO[Si](C)(C)C(C)(C)C)O[Si](C)(C)C(C)(C)C)[C@@H]5OC)CCC1O[C@H]4[C@H]3O2)OC(=O)c1ccccc1. The van der Waals surface area contributed by atoms with E-state index >= 15 is 4.79 Å². The molecule has 8 heterocycles. The van der Waals surface area contributed by atoms with Gasteiger partial charge in [0.15, 0.2) is 40.6 Å². The van der Waals surface area contributed by atoms with Crippen molar-refractivity contribution in [2.75, 3.05) is 26.1 Å². The molecule has 10 rings (SSSR count). The maximum absolute atomic E-state index is 16.2. The summed E-state index contributed by atoms with van der Waals surface area (Å²) in [6, 6.07) is 20.7. The topological polar surface area (TPSA) is 179 Å². The second-order valence-electron chi connectivity index (χ2n) is 31.4. The van der Waals surface area contributed by atoms with E-state index in [-0.39, 0.29) is 81.9 Å². The highest BCUT2D eigenvalue weighted by Gasteiger charge is 2.69. The minimum absolute atomic E-state index is 0.00651. The van der Waals surface area contributed by atoms with E-state index in [0.29, 0.717) is 74.6 Å². The fraction of sp³-hybridized carbons (Fsp3) is 0.753. The quantitative estimate of drug-likeness (QED) is 0.0285. The summed E-state index contributed by atoms with van der Waals surface area (Å²) in [4.78, 5) is 29.8. The normalized spacial score (nSPS) is 32.2. The number of fused-ring (bicyclic) bond motifs is 1. The number of esters is 1. The highest BCUT2D eigenvalue weighted by atomic mass is 79.9. The zero-order valence-corrected chi connectivity index (χ0v) is 64.7. The van der Waals surface area contributed by atoms with Crippen molar-refractivity contribution in [3.8, 4) is 0 Å². The van der Waals surface area contributed by atoms with Gasteiger partial charge in [-0.2, -0.15) is 0 Å². The van der Waals surface area contributed by atoms with Crippen molar-refractivity contribution in [1.82, 2.24) is 0 Å². The highest BCUT2D eigenvalue weighted by molar-refractivity contribution is 9.11. The Bertz CT molecular complexity index is 2970. The lowest BCUT2D eigenvalue weighted by Gasteiger charge is -2.47. The van der Waals surface area contributed by atoms with Crippen LogP contribution in [0.25, 0.3) is 0 Å². The fourth-order valence-electron chi connectivity index (χ4n) is 15.3. The molecule has 6 bridgehead atoms. The zero-order valence-electron chi connectivity index (χ0n) is 59.3. The number of methoxy groups -OCH3 is 1. The fourth-order valence-corrected chi connectivity index (χ4v) is 22.1. The number of ketones is 1. The Balaban J connectivity index is 1.01. The summed E-state index contributed by atoms with van der Waals surface area (Å²) < 4.78 is 114. The molecule has 21 heteroatoms. The molecule has 0 N–H and O–H groups in total. The number of hydrogen-bond acceptors (Lipinski definition) is 16. The number of carbonyl (C=O) groups excluding carboxylic acids is 2. The first kappa shape index (κ1) is 75.9. The van der Waals surface area contributed by atoms with Crippen molar-refractivity contribution < 1.29 is 73.9 Å². The molecule has 8 fully saturated rings. The van der Waals surface area contributed by atoms with Crippen molar-refractivity contribution in [2.45, 2.75) is 309 Å². The van der Waals surface area contributed by atoms with Gasteiger partial charge in [-0.15, -0.1) is 0 Å². The Morgan fingerprint density at radius 1 is 0.755 bits per heavy atom. The highest BCUT2D eigenvalue weighted by Crippen LogP contribution is 2.55. The molecule has 0 aromatic heterocycles. The number of benzene rings is 2. The van der Waals surface area contributed by atoms with Crippen molar-refractivity contribution in [3.05, 3.63) is 89.4 Å². The molecule has 0 amide bonds. The van der Waals surface area contributed by atoms with Crippen LogP contribution in [-0.4, -0.2) is 169 Å². The van der Waals surface area contributed by atoms with Crippen molar-refractivity contribution in [2.24, 2.45) is 17.8 Å². The van der Waals surface area contributed by atoms with Gasteiger partial charge in [0.1, 0.15) is 42.4 Å².